The van der Waals surface area contributed by atoms with Gasteiger partial charge in [-0.1, -0.05) is 30.0 Å². The van der Waals surface area contributed by atoms with Crippen molar-refractivity contribution in [1.29, 1.82) is 0 Å². The molecule has 6 heteroatoms. The zero-order valence-corrected chi connectivity index (χ0v) is 15.0. The number of fused-ring (bicyclic) bond motifs is 1. The Kier molecular flexibility index (Phi) is 6.68. The lowest BCUT2D eigenvalue weighted by atomic mass is 10.3. The first-order valence-electron chi connectivity index (χ1n) is 8.24. The van der Waals surface area contributed by atoms with Crippen LogP contribution in [-0.2, 0) is 4.79 Å². The minimum absolute atomic E-state index is 0.000537. The maximum Gasteiger partial charge on any atom is 0.231 e. The van der Waals surface area contributed by atoms with Gasteiger partial charge in [0.1, 0.15) is 12.4 Å². The molecule has 0 saturated heterocycles. The Hall–Kier alpha value is -2.78. The molecule has 0 aromatic heterocycles. The Morgan fingerprint density at radius 3 is 2.85 bits per heavy atom. The van der Waals surface area contributed by atoms with E-state index in [1.807, 2.05) is 30.3 Å². The summed E-state index contributed by atoms with van der Waals surface area (Å²) >= 11 is 1.67. The molecule has 1 heterocycles. The third kappa shape index (κ3) is 5.64. The van der Waals surface area contributed by atoms with Crippen LogP contribution in [0.4, 0.5) is 0 Å². The van der Waals surface area contributed by atoms with Gasteiger partial charge in [0.15, 0.2) is 11.5 Å². The molecule has 1 amide bonds. The SMILES string of the molecule is O=C(CCSc1ccccc1)NCC#CCOc1ccc2c(c1)OCO2. The minimum atomic E-state index is -0.000537. The van der Waals surface area contributed by atoms with Crippen molar-refractivity contribution in [2.24, 2.45) is 0 Å². The van der Waals surface area contributed by atoms with E-state index in [2.05, 4.69) is 17.2 Å². The normalized spacial score (nSPS) is 11.4. The number of hydrogen-bond donors (Lipinski definition) is 1. The molecule has 5 nitrogen and oxygen atoms in total. The van der Waals surface area contributed by atoms with Crippen molar-refractivity contribution >= 4 is 17.7 Å². The van der Waals surface area contributed by atoms with Gasteiger partial charge in [0.05, 0.1) is 6.54 Å². The Balaban J connectivity index is 1.28. The first-order chi connectivity index (χ1) is 12.8. The zero-order valence-electron chi connectivity index (χ0n) is 14.2. The number of nitrogens with one attached hydrogen (secondary N) is 1. The van der Waals surface area contributed by atoms with Gasteiger partial charge in [-0.25, -0.2) is 0 Å². The lowest BCUT2D eigenvalue weighted by Crippen LogP contribution is -2.23. The van der Waals surface area contributed by atoms with Crippen LogP contribution in [0.15, 0.2) is 53.4 Å². The van der Waals surface area contributed by atoms with E-state index in [-0.39, 0.29) is 19.3 Å². The van der Waals surface area contributed by atoms with E-state index < -0.39 is 0 Å². The Labute approximate surface area is 157 Å². The summed E-state index contributed by atoms with van der Waals surface area (Å²) in [6.07, 6.45) is 0.467. The third-order valence-electron chi connectivity index (χ3n) is 3.50. The Bertz CT molecular complexity index is 798. The molecular weight excluding hydrogens is 350 g/mol. The molecule has 1 N–H and O–H groups in total. The van der Waals surface area contributed by atoms with Crippen LogP contribution in [0.2, 0.25) is 0 Å². The molecule has 2 aromatic carbocycles. The van der Waals surface area contributed by atoms with Crippen molar-refractivity contribution in [1.82, 2.24) is 5.32 Å². The van der Waals surface area contributed by atoms with Gasteiger partial charge in [-0.05, 0) is 24.3 Å². The molecule has 3 rings (SSSR count). The van der Waals surface area contributed by atoms with Gasteiger partial charge < -0.3 is 19.5 Å². The van der Waals surface area contributed by atoms with E-state index in [1.54, 1.807) is 30.0 Å². The molecule has 0 atom stereocenters. The highest BCUT2D eigenvalue weighted by Crippen LogP contribution is 2.34. The van der Waals surface area contributed by atoms with Gasteiger partial charge in [-0.3, -0.25) is 4.79 Å². The highest BCUT2D eigenvalue weighted by molar-refractivity contribution is 7.99. The molecule has 0 unspecified atom stereocenters. The lowest BCUT2D eigenvalue weighted by Gasteiger charge is -2.03. The van der Waals surface area contributed by atoms with Crippen molar-refractivity contribution in [2.45, 2.75) is 11.3 Å². The van der Waals surface area contributed by atoms with Crippen LogP contribution in [-0.4, -0.2) is 31.6 Å². The molecule has 1 aliphatic heterocycles. The van der Waals surface area contributed by atoms with Crippen molar-refractivity contribution in [2.75, 3.05) is 25.7 Å². The highest BCUT2D eigenvalue weighted by Gasteiger charge is 2.13. The molecule has 0 fully saturated rings. The van der Waals surface area contributed by atoms with E-state index in [4.69, 9.17) is 14.2 Å². The average molecular weight is 369 g/mol. The Morgan fingerprint density at radius 1 is 1.12 bits per heavy atom. The van der Waals surface area contributed by atoms with E-state index in [1.165, 1.54) is 4.90 Å². The highest BCUT2D eigenvalue weighted by atomic mass is 32.2. The standard InChI is InChI=1S/C20H19NO4S/c22-20(10-13-26-17-6-2-1-3-7-17)21-11-4-5-12-23-16-8-9-18-19(14-16)25-15-24-18/h1-3,6-9,14H,10-13,15H2,(H,21,22). The average Bonchev–Trinajstić information content (AvgIpc) is 3.13. The molecule has 0 saturated carbocycles. The minimum Gasteiger partial charge on any atom is -0.481 e. The van der Waals surface area contributed by atoms with E-state index in [9.17, 15) is 4.79 Å². The van der Waals surface area contributed by atoms with Crippen LogP contribution in [0.3, 0.4) is 0 Å². The van der Waals surface area contributed by atoms with Crippen molar-refractivity contribution in [3.63, 3.8) is 0 Å². The summed E-state index contributed by atoms with van der Waals surface area (Å²) in [5, 5.41) is 2.78. The fourth-order valence-electron chi connectivity index (χ4n) is 2.21. The molecule has 0 radical (unpaired) electrons. The third-order valence-corrected chi connectivity index (χ3v) is 4.51. The largest absolute Gasteiger partial charge is 0.481 e. The first-order valence-corrected chi connectivity index (χ1v) is 9.22. The van der Waals surface area contributed by atoms with E-state index in [0.29, 0.717) is 24.5 Å². The summed E-state index contributed by atoms with van der Waals surface area (Å²) in [6.45, 7) is 0.806. The molecule has 1 aliphatic rings. The fraction of sp³-hybridized carbons (Fsp3) is 0.250. The zero-order chi connectivity index (χ0) is 18.0. The summed E-state index contributed by atoms with van der Waals surface area (Å²) in [5.74, 6) is 8.57. The topological polar surface area (TPSA) is 56.8 Å². The van der Waals surface area contributed by atoms with Crippen molar-refractivity contribution in [3.8, 4) is 29.1 Å². The second-order valence-electron chi connectivity index (χ2n) is 5.35. The smallest absolute Gasteiger partial charge is 0.231 e. The van der Waals surface area contributed by atoms with Crippen LogP contribution >= 0.6 is 11.8 Å². The first kappa shape index (κ1) is 18.0. The summed E-state index contributed by atoms with van der Waals surface area (Å²) in [6, 6.07) is 15.4. The molecule has 134 valence electrons. The van der Waals surface area contributed by atoms with Crippen molar-refractivity contribution in [3.05, 3.63) is 48.5 Å². The van der Waals surface area contributed by atoms with Crippen LogP contribution in [0, 0.1) is 11.8 Å². The van der Waals surface area contributed by atoms with E-state index >= 15 is 0 Å². The van der Waals surface area contributed by atoms with Crippen LogP contribution in [0.1, 0.15) is 6.42 Å². The molecule has 0 aliphatic carbocycles. The number of ether oxygens (including phenoxy) is 3. The molecule has 2 aromatic rings. The van der Waals surface area contributed by atoms with Crippen molar-refractivity contribution < 1.29 is 19.0 Å². The fourth-order valence-corrected chi connectivity index (χ4v) is 3.08. The maximum atomic E-state index is 11.7. The van der Waals surface area contributed by atoms with Gasteiger partial charge in [-0.15, -0.1) is 11.8 Å². The summed E-state index contributed by atoms with van der Waals surface area (Å²) in [7, 11) is 0. The number of carbonyl (C=O) groups excluding carboxylic acids is 1. The number of hydrogen-bond acceptors (Lipinski definition) is 5. The molecule has 26 heavy (non-hydrogen) atoms. The second-order valence-corrected chi connectivity index (χ2v) is 6.51. The predicted molar refractivity (Wildman–Crippen MR) is 101 cm³/mol. The number of carbonyl (C=O) groups is 1. The number of benzene rings is 2. The number of amides is 1. The Morgan fingerprint density at radius 2 is 1.96 bits per heavy atom. The van der Waals surface area contributed by atoms with Gasteiger partial charge in [0.25, 0.3) is 0 Å². The van der Waals surface area contributed by atoms with Gasteiger partial charge in [-0.2, -0.15) is 0 Å². The summed E-state index contributed by atoms with van der Waals surface area (Å²) < 4.78 is 16.0. The lowest BCUT2D eigenvalue weighted by molar-refractivity contribution is -0.120. The van der Waals surface area contributed by atoms with Gasteiger partial charge >= 0.3 is 0 Å². The molecule has 0 bridgehead atoms. The van der Waals surface area contributed by atoms with Crippen LogP contribution in [0.25, 0.3) is 0 Å². The number of rotatable bonds is 7. The van der Waals surface area contributed by atoms with Gasteiger partial charge in [0, 0.05) is 23.1 Å². The predicted octanol–water partition coefficient (Wildman–Crippen LogP) is 3.10. The number of thioether (sulfide) groups is 1. The maximum absolute atomic E-state index is 11.7. The summed E-state index contributed by atoms with van der Waals surface area (Å²) in [4.78, 5) is 12.9. The summed E-state index contributed by atoms with van der Waals surface area (Å²) in [5.41, 5.74) is 0. The van der Waals surface area contributed by atoms with Crippen LogP contribution in [0.5, 0.6) is 17.2 Å². The molecule has 0 spiro atoms. The monoisotopic (exact) mass is 369 g/mol. The van der Waals surface area contributed by atoms with E-state index in [0.717, 1.165) is 11.5 Å². The quantitative estimate of drug-likeness (QED) is 0.600. The van der Waals surface area contributed by atoms with Crippen LogP contribution < -0.4 is 19.5 Å². The van der Waals surface area contributed by atoms with Gasteiger partial charge in [0.2, 0.25) is 12.7 Å². The molecular formula is C20H19NO4S. The second kappa shape index (κ2) is 9.64.